The molecule has 94 valence electrons. The van der Waals surface area contributed by atoms with E-state index in [1.165, 1.54) is 18.4 Å². The Morgan fingerprint density at radius 1 is 1.06 bits per heavy atom. The van der Waals surface area contributed by atoms with Crippen molar-refractivity contribution in [3.8, 4) is 0 Å². The van der Waals surface area contributed by atoms with Crippen LogP contribution in [0.5, 0.6) is 0 Å². The molecule has 3 heteroatoms. The van der Waals surface area contributed by atoms with E-state index in [1.807, 2.05) is 12.1 Å². The van der Waals surface area contributed by atoms with E-state index in [1.54, 1.807) is 14.2 Å². The first-order valence-corrected chi connectivity index (χ1v) is 6.14. The van der Waals surface area contributed by atoms with Crippen LogP contribution >= 0.6 is 0 Å². The van der Waals surface area contributed by atoms with Gasteiger partial charge in [-0.1, -0.05) is 37.1 Å². The van der Waals surface area contributed by atoms with Crippen LogP contribution in [0.25, 0.3) is 0 Å². The van der Waals surface area contributed by atoms with Crippen molar-refractivity contribution in [2.24, 2.45) is 5.73 Å². The Hall–Kier alpha value is -0.900. The summed E-state index contributed by atoms with van der Waals surface area (Å²) in [5.74, 6) is 0. The minimum Gasteiger partial charge on any atom is -0.352 e. The quantitative estimate of drug-likeness (QED) is 0.816. The van der Waals surface area contributed by atoms with Gasteiger partial charge in [-0.05, 0) is 18.4 Å². The summed E-state index contributed by atoms with van der Waals surface area (Å²) in [7, 11) is 3.28. The molecule has 0 unspecified atom stereocenters. The molecule has 0 atom stereocenters. The molecule has 0 spiro atoms. The average molecular weight is 235 g/mol. The molecule has 0 bridgehead atoms. The molecule has 1 aromatic rings. The predicted octanol–water partition coefficient (Wildman–Crippen LogP) is 2.71. The van der Waals surface area contributed by atoms with Crippen LogP contribution in [-0.4, -0.2) is 14.2 Å². The number of ether oxygens (including phenoxy) is 2. The summed E-state index contributed by atoms with van der Waals surface area (Å²) in [6, 6.07) is 8.29. The van der Waals surface area contributed by atoms with E-state index in [-0.39, 0.29) is 11.8 Å². The van der Waals surface area contributed by atoms with E-state index in [9.17, 15) is 0 Å². The minimum atomic E-state index is -0.290. The molecular weight excluding hydrogens is 214 g/mol. The van der Waals surface area contributed by atoms with Crippen LogP contribution in [0.1, 0.15) is 43.1 Å². The lowest BCUT2D eigenvalue weighted by atomic mass is 9.89. The van der Waals surface area contributed by atoms with E-state index in [0.717, 1.165) is 18.4 Å². The van der Waals surface area contributed by atoms with Gasteiger partial charge in [-0.25, -0.2) is 0 Å². The standard InChI is InChI=1S/C14H21NO2/c1-16-13(17-2)11-5-7-12(8-6-11)14(15)9-3-4-10-14/h5-8,13H,3-4,9-10,15H2,1-2H3. The summed E-state index contributed by atoms with van der Waals surface area (Å²) < 4.78 is 10.4. The number of hydrogen-bond donors (Lipinski definition) is 1. The maximum atomic E-state index is 6.41. The molecule has 3 nitrogen and oxygen atoms in total. The van der Waals surface area contributed by atoms with Gasteiger partial charge in [0.1, 0.15) is 0 Å². The molecule has 2 rings (SSSR count). The largest absolute Gasteiger partial charge is 0.352 e. The van der Waals surface area contributed by atoms with Crippen molar-refractivity contribution in [2.45, 2.75) is 37.5 Å². The van der Waals surface area contributed by atoms with Crippen LogP contribution in [0, 0.1) is 0 Å². The normalized spacial score (nSPS) is 18.8. The van der Waals surface area contributed by atoms with E-state index in [2.05, 4.69) is 12.1 Å². The van der Waals surface area contributed by atoms with Crippen LogP contribution in [-0.2, 0) is 15.0 Å². The second-order valence-electron chi connectivity index (χ2n) is 4.79. The molecular formula is C14H21NO2. The Balaban J connectivity index is 2.17. The third-order valence-corrected chi connectivity index (χ3v) is 3.68. The Bertz CT molecular complexity index is 351. The topological polar surface area (TPSA) is 44.5 Å². The molecule has 0 saturated heterocycles. The Labute approximate surface area is 103 Å². The molecule has 1 aliphatic carbocycles. The van der Waals surface area contributed by atoms with Gasteiger partial charge in [0.15, 0.2) is 6.29 Å². The maximum Gasteiger partial charge on any atom is 0.183 e. The smallest absolute Gasteiger partial charge is 0.183 e. The number of benzene rings is 1. The van der Waals surface area contributed by atoms with Crippen LogP contribution in [0.2, 0.25) is 0 Å². The highest BCUT2D eigenvalue weighted by molar-refractivity contribution is 5.29. The molecule has 0 heterocycles. The van der Waals surface area contributed by atoms with Crippen molar-refractivity contribution in [3.63, 3.8) is 0 Å². The number of hydrogen-bond acceptors (Lipinski definition) is 3. The fraction of sp³-hybridized carbons (Fsp3) is 0.571. The number of methoxy groups -OCH3 is 2. The van der Waals surface area contributed by atoms with Crippen molar-refractivity contribution in [1.29, 1.82) is 0 Å². The lowest BCUT2D eigenvalue weighted by Crippen LogP contribution is -2.32. The third-order valence-electron chi connectivity index (χ3n) is 3.68. The maximum absolute atomic E-state index is 6.41. The lowest BCUT2D eigenvalue weighted by Gasteiger charge is -2.24. The summed E-state index contributed by atoms with van der Waals surface area (Å²) in [6.45, 7) is 0. The fourth-order valence-corrected chi connectivity index (χ4v) is 2.64. The molecule has 0 aromatic heterocycles. The molecule has 1 aliphatic rings. The van der Waals surface area contributed by atoms with Crippen molar-refractivity contribution in [1.82, 2.24) is 0 Å². The Morgan fingerprint density at radius 3 is 2.06 bits per heavy atom. The summed E-state index contributed by atoms with van der Waals surface area (Å²) in [5, 5.41) is 0. The van der Waals surface area contributed by atoms with Crippen LogP contribution in [0.4, 0.5) is 0 Å². The summed E-state index contributed by atoms with van der Waals surface area (Å²) in [4.78, 5) is 0. The van der Waals surface area contributed by atoms with Crippen LogP contribution in [0.3, 0.4) is 0 Å². The average Bonchev–Trinajstić information content (AvgIpc) is 2.80. The Kier molecular flexibility index (Phi) is 3.82. The van der Waals surface area contributed by atoms with E-state index < -0.39 is 0 Å². The zero-order valence-electron chi connectivity index (χ0n) is 10.6. The van der Waals surface area contributed by atoms with Crippen molar-refractivity contribution in [2.75, 3.05) is 14.2 Å². The first-order valence-electron chi connectivity index (χ1n) is 6.14. The van der Waals surface area contributed by atoms with E-state index in [0.29, 0.717) is 0 Å². The lowest BCUT2D eigenvalue weighted by molar-refractivity contribution is -0.106. The molecule has 17 heavy (non-hydrogen) atoms. The van der Waals surface area contributed by atoms with Crippen LogP contribution in [0.15, 0.2) is 24.3 Å². The first-order chi connectivity index (χ1) is 8.19. The van der Waals surface area contributed by atoms with Gasteiger partial charge < -0.3 is 15.2 Å². The fourth-order valence-electron chi connectivity index (χ4n) is 2.64. The molecule has 1 fully saturated rings. The molecule has 2 N–H and O–H groups in total. The molecule has 0 radical (unpaired) electrons. The highest BCUT2D eigenvalue weighted by Gasteiger charge is 2.31. The first kappa shape index (κ1) is 12.6. The highest BCUT2D eigenvalue weighted by atomic mass is 16.7. The van der Waals surface area contributed by atoms with Gasteiger partial charge >= 0.3 is 0 Å². The summed E-state index contributed by atoms with van der Waals surface area (Å²) in [5.41, 5.74) is 8.55. The molecule has 1 saturated carbocycles. The zero-order chi connectivity index (χ0) is 12.3. The predicted molar refractivity (Wildman–Crippen MR) is 67.5 cm³/mol. The summed E-state index contributed by atoms with van der Waals surface area (Å²) in [6.07, 6.45) is 4.35. The van der Waals surface area contributed by atoms with Gasteiger partial charge in [0.25, 0.3) is 0 Å². The molecule has 0 amide bonds. The van der Waals surface area contributed by atoms with Gasteiger partial charge in [0, 0.05) is 25.3 Å². The number of nitrogens with two attached hydrogens (primary N) is 1. The highest BCUT2D eigenvalue weighted by Crippen LogP contribution is 2.36. The van der Waals surface area contributed by atoms with Gasteiger partial charge in [0.05, 0.1) is 0 Å². The minimum absolute atomic E-state index is 0.117. The van der Waals surface area contributed by atoms with Crippen LogP contribution < -0.4 is 5.73 Å². The van der Waals surface area contributed by atoms with E-state index in [4.69, 9.17) is 15.2 Å². The summed E-state index contributed by atoms with van der Waals surface area (Å²) >= 11 is 0. The van der Waals surface area contributed by atoms with Crippen molar-refractivity contribution >= 4 is 0 Å². The van der Waals surface area contributed by atoms with E-state index >= 15 is 0 Å². The SMILES string of the molecule is COC(OC)c1ccc(C2(N)CCCC2)cc1. The molecule has 1 aromatic carbocycles. The van der Waals surface area contributed by atoms with Gasteiger partial charge in [-0.2, -0.15) is 0 Å². The number of rotatable bonds is 4. The zero-order valence-corrected chi connectivity index (χ0v) is 10.6. The van der Waals surface area contributed by atoms with Gasteiger partial charge in [-0.3, -0.25) is 0 Å². The Morgan fingerprint density at radius 2 is 1.59 bits per heavy atom. The monoisotopic (exact) mass is 235 g/mol. The van der Waals surface area contributed by atoms with Gasteiger partial charge in [0.2, 0.25) is 0 Å². The third kappa shape index (κ3) is 2.51. The van der Waals surface area contributed by atoms with Crippen molar-refractivity contribution < 1.29 is 9.47 Å². The van der Waals surface area contributed by atoms with Gasteiger partial charge in [-0.15, -0.1) is 0 Å². The van der Waals surface area contributed by atoms with Crippen molar-refractivity contribution in [3.05, 3.63) is 35.4 Å². The second kappa shape index (κ2) is 5.17. The second-order valence-corrected chi connectivity index (χ2v) is 4.79. The molecule has 0 aliphatic heterocycles.